The second-order valence-electron chi connectivity index (χ2n) is 10.2. The average molecular weight is 568 g/mol. The number of benzene rings is 2. The van der Waals surface area contributed by atoms with Crippen LogP contribution in [0.5, 0.6) is 0 Å². The molecule has 2 aromatic carbocycles. The topological polar surface area (TPSA) is 92.7 Å². The highest BCUT2D eigenvalue weighted by molar-refractivity contribution is 6.48. The maximum absolute atomic E-state index is 13.4. The van der Waals surface area contributed by atoms with E-state index in [-0.39, 0.29) is 35.2 Å². The first-order valence-electron chi connectivity index (χ1n) is 12.8. The van der Waals surface area contributed by atoms with E-state index in [9.17, 15) is 19.5 Å². The van der Waals surface area contributed by atoms with Gasteiger partial charge in [-0.05, 0) is 67.0 Å². The highest BCUT2D eigenvalue weighted by Gasteiger charge is 2.53. The molecular formula is C31H31Cl2NO5. The molecule has 2 aliphatic carbocycles. The van der Waals surface area contributed by atoms with E-state index in [4.69, 9.17) is 27.9 Å². The number of carbonyl (C=O) groups excluding carboxylic acids is 2. The number of fused-ring (bicyclic) bond motifs is 1. The Labute approximate surface area is 238 Å². The Balaban J connectivity index is 1.55. The lowest BCUT2D eigenvalue weighted by molar-refractivity contribution is -0.155. The fourth-order valence-corrected chi connectivity index (χ4v) is 6.02. The Morgan fingerprint density at radius 3 is 2.41 bits per heavy atom. The zero-order valence-corrected chi connectivity index (χ0v) is 23.3. The summed E-state index contributed by atoms with van der Waals surface area (Å²) >= 11 is 12.6. The van der Waals surface area contributed by atoms with Gasteiger partial charge >= 0.3 is 11.9 Å². The van der Waals surface area contributed by atoms with Crippen LogP contribution >= 0.6 is 23.2 Å². The molecule has 0 spiro atoms. The van der Waals surface area contributed by atoms with Crippen LogP contribution in [0.2, 0.25) is 5.02 Å². The minimum absolute atomic E-state index is 0.0208. The lowest BCUT2D eigenvalue weighted by Crippen LogP contribution is -2.48. The number of hydrogen-bond acceptors (Lipinski definition) is 4. The molecule has 1 amide bonds. The van der Waals surface area contributed by atoms with Crippen LogP contribution in [-0.2, 0) is 20.9 Å². The van der Waals surface area contributed by atoms with Gasteiger partial charge in [-0.15, -0.1) is 0 Å². The molecule has 2 aliphatic rings. The number of halogens is 2. The number of carboxylic acids is 1. The summed E-state index contributed by atoms with van der Waals surface area (Å²) in [6.07, 6.45) is 9.43. The van der Waals surface area contributed by atoms with Gasteiger partial charge in [-0.2, -0.15) is 0 Å². The molecule has 4 atom stereocenters. The predicted molar refractivity (Wildman–Crippen MR) is 152 cm³/mol. The van der Waals surface area contributed by atoms with Crippen molar-refractivity contribution in [2.45, 2.75) is 32.7 Å². The summed E-state index contributed by atoms with van der Waals surface area (Å²) in [6.45, 7) is 2.45. The van der Waals surface area contributed by atoms with Crippen molar-refractivity contribution in [2.24, 2.45) is 23.2 Å². The van der Waals surface area contributed by atoms with Crippen molar-refractivity contribution >= 4 is 46.1 Å². The monoisotopic (exact) mass is 567 g/mol. The molecular weight excluding hydrogens is 537 g/mol. The van der Waals surface area contributed by atoms with E-state index in [2.05, 4.69) is 5.32 Å². The van der Waals surface area contributed by atoms with Gasteiger partial charge in [0, 0.05) is 28.9 Å². The molecule has 0 saturated carbocycles. The number of nitrogens with one attached hydrogen (secondary N) is 1. The van der Waals surface area contributed by atoms with Gasteiger partial charge < -0.3 is 15.2 Å². The summed E-state index contributed by atoms with van der Waals surface area (Å²) in [5.41, 5.74) is 1.97. The van der Waals surface area contributed by atoms with E-state index >= 15 is 0 Å². The molecule has 6 nitrogen and oxygen atoms in total. The smallest absolute Gasteiger partial charge is 0.335 e. The molecule has 0 saturated heterocycles. The minimum atomic E-state index is -1.01. The molecule has 0 aromatic heterocycles. The van der Waals surface area contributed by atoms with Crippen LogP contribution in [0.25, 0.3) is 5.03 Å². The number of aromatic carboxylic acids is 1. The van der Waals surface area contributed by atoms with Gasteiger partial charge in [-0.1, -0.05) is 77.3 Å². The number of amides is 1. The Morgan fingerprint density at radius 2 is 1.77 bits per heavy atom. The Morgan fingerprint density at radius 1 is 1.10 bits per heavy atom. The summed E-state index contributed by atoms with van der Waals surface area (Å²) in [7, 11) is 1.39. The summed E-state index contributed by atoms with van der Waals surface area (Å²) in [4.78, 5) is 37.3. The molecule has 204 valence electrons. The molecule has 39 heavy (non-hydrogen) atoms. The summed E-state index contributed by atoms with van der Waals surface area (Å²) in [6, 6.07) is 13.6. The molecule has 4 rings (SSSR count). The van der Waals surface area contributed by atoms with Gasteiger partial charge in [0.1, 0.15) is 0 Å². The zero-order chi connectivity index (χ0) is 28.2. The molecule has 0 fully saturated rings. The molecule has 0 unspecified atom stereocenters. The standard InChI is InChI=1S/C31H31Cl2NO5/c1-19-13-24-15-21(16-28(35)34-18-20-3-9-26(32)10-4-20)11-12-31(24,30(38)39-2)25(14-19)17-27(33)22-5-7-23(8-6-22)29(36)37/h3-12,14,17,21,24-25H,13,15-16,18H2,1-2H3,(H,34,35)(H,36,37)/b27-17-/t21-,24+,25+,31+/m1/s1. The van der Waals surface area contributed by atoms with Crippen LogP contribution < -0.4 is 5.32 Å². The maximum Gasteiger partial charge on any atom is 0.335 e. The highest BCUT2D eigenvalue weighted by atomic mass is 35.5. The third kappa shape index (κ3) is 6.45. The van der Waals surface area contributed by atoms with Gasteiger partial charge in [0.15, 0.2) is 0 Å². The fourth-order valence-electron chi connectivity index (χ4n) is 5.63. The van der Waals surface area contributed by atoms with Crippen LogP contribution in [0.4, 0.5) is 0 Å². The normalized spacial score (nSPS) is 24.4. The number of hydrogen-bond donors (Lipinski definition) is 2. The summed E-state index contributed by atoms with van der Waals surface area (Å²) in [5.74, 6) is -1.88. The maximum atomic E-state index is 13.4. The van der Waals surface area contributed by atoms with Crippen LogP contribution in [0.3, 0.4) is 0 Å². The lowest BCUT2D eigenvalue weighted by atomic mass is 9.56. The fraction of sp³-hybridized carbons (Fsp3) is 0.323. The van der Waals surface area contributed by atoms with Crippen LogP contribution in [-0.4, -0.2) is 30.1 Å². The van der Waals surface area contributed by atoms with Crippen molar-refractivity contribution in [1.82, 2.24) is 5.32 Å². The first-order chi connectivity index (χ1) is 18.6. The highest BCUT2D eigenvalue weighted by Crippen LogP contribution is 2.53. The number of esters is 1. The third-order valence-electron chi connectivity index (χ3n) is 7.61. The number of allylic oxidation sites excluding steroid dienone is 4. The van der Waals surface area contributed by atoms with E-state index < -0.39 is 11.4 Å². The third-order valence-corrected chi connectivity index (χ3v) is 8.21. The van der Waals surface area contributed by atoms with Gasteiger partial charge in [0.2, 0.25) is 5.91 Å². The molecule has 0 bridgehead atoms. The van der Waals surface area contributed by atoms with Crippen LogP contribution in [0, 0.1) is 23.2 Å². The van der Waals surface area contributed by atoms with Crippen molar-refractivity contribution in [2.75, 3.05) is 7.11 Å². The number of carbonyl (C=O) groups is 3. The van der Waals surface area contributed by atoms with Gasteiger partial charge in [0.05, 0.1) is 18.1 Å². The van der Waals surface area contributed by atoms with Crippen LogP contribution in [0.1, 0.15) is 47.7 Å². The largest absolute Gasteiger partial charge is 0.478 e. The molecule has 2 aromatic rings. The summed E-state index contributed by atoms with van der Waals surface area (Å²) < 4.78 is 5.31. The number of ether oxygens (including phenoxy) is 1. The molecule has 2 N–H and O–H groups in total. The van der Waals surface area contributed by atoms with E-state index in [1.165, 1.54) is 19.2 Å². The van der Waals surface area contributed by atoms with Gasteiger partial charge in [0.25, 0.3) is 0 Å². The average Bonchev–Trinajstić information content (AvgIpc) is 2.92. The molecule has 0 heterocycles. The second kappa shape index (κ2) is 12.2. The Hall–Kier alpha value is -3.35. The number of methoxy groups -OCH3 is 1. The molecule has 0 aliphatic heterocycles. The van der Waals surface area contributed by atoms with Gasteiger partial charge in [-0.25, -0.2) is 4.79 Å². The van der Waals surface area contributed by atoms with E-state index in [0.29, 0.717) is 41.4 Å². The lowest BCUT2D eigenvalue weighted by Gasteiger charge is -2.47. The van der Waals surface area contributed by atoms with Crippen molar-refractivity contribution < 1.29 is 24.2 Å². The number of carboxylic acid groups (broad SMARTS) is 1. The first kappa shape index (κ1) is 28.7. The predicted octanol–water partition coefficient (Wildman–Crippen LogP) is 6.64. The second-order valence-corrected chi connectivity index (χ2v) is 11.1. The Kier molecular flexibility index (Phi) is 8.98. The zero-order valence-electron chi connectivity index (χ0n) is 21.8. The van der Waals surface area contributed by atoms with Crippen molar-refractivity contribution in [3.8, 4) is 0 Å². The Bertz CT molecular complexity index is 1330. The quantitative estimate of drug-likeness (QED) is 0.275. The van der Waals surface area contributed by atoms with Crippen molar-refractivity contribution in [1.29, 1.82) is 0 Å². The van der Waals surface area contributed by atoms with E-state index in [1.54, 1.807) is 24.3 Å². The SMILES string of the molecule is COC(=O)[C@@]12C=C[C@@H](CC(=O)NCc3ccc(Cl)cc3)C[C@@H]1CC(C)=C[C@H]2/C=C(\Cl)c1ccc(C(=O)O)cc1. The minimum Gasteiger partial charge on any atom is -0.478 e. The number of rotatable bonds is 8. The van der Waals surface area contributed by atoms with Crippen molar-refractivity contribution in [3.05, 3.63) is 100 Å². The van der Waals surface area contributed by atoms with Crippen molar-refractivity contribution in [3.63, 3.8) is 0 Å². The van der Waals surface area contributed by atoms with Gasteiger partial charge in [-0.3, -0.25) is 9.59 Å². The van der Waals surface area contributed by atoms with Crippen LogP contribution in [0.15, 0.2) is 78.4 Å². The molecule has 0 radical (unpaired) electrons. The van der Waals surface area contributed by atoms with E-state index in [0.717, 1.165) is 11.1 Å². The summed E-state index contributed by atoms with van der Waals surface area (Å²) in [5, 5.41) is 13.2. The van der Waals surface area contributed by atoms with E-state index in [1.807, 2.05) is 43.4 Å². The first-order valence-corrected chi connectivity index (χ1v) is 13.5. The molecule has 8 heteroatoms.